The number of ether oxygens (including phenoxy) is 1. The number of piperazine rings is 1. The largest absolute Gasteiger partial charge is 0.492 e. The van der Waals surface area contributed by atoms with Gasteiger partial charge in [0.25, 0.3) is 5.91 Å². The molecule has 4 rings (SSSR count). The summed E-state index contributed by atoms with van der Waals surface area (Å²) in [5.41, 5.74) is 9.90. The molecule has 226 valence electrons. The number of imide groups is 1. The number of amides is 3. The first-order chi connectivity index (χ1) is 19.9. The van der Waals surface area contributed by atoms with Crippen molar-refractivity contribution in [3.05, 3.63) is 59.2 Å². The van der Waals surface area contributed by atoms with E-state index in [4.69, 9.17) is 10.5 Å². The zero-order valence-electron chi connectivity index (χ0n) is 25.7. The molecule has 0 radical (unpaired) electrons. The molecule has 2 aromatic carbocycles. The summed E-state index contributed by atoms with van der Waals surface area (Å²) in [6, 6.07) is 14.0. The van der Waals surface area contributed by atoms with Crippen molar-refractivity contribution >= 4 is 23.9 Å². The lowest BCUT2D eigenvalue weighted by Crippen LogP contribution is -2.47. The monoisotopic (exact) mass is 567 g/mol. The van der Waals surface area contributed by atoms with E-state index in [1.54, 1.807) is 0 Å². The molecule has 3 N–H and O–H groups in total. The van der Waals surface area contributed by atoms with Crippen LogP contribution in [-0.4, -0.2) is 73.4 Å². The van der Waals surface area contributed by atoms with Crippen LogP contribution >= 0.6 is 0 Å². The third kappa shape index (κ3) is 9.57. The second-order valence-electron chi connectivity index (χ2n) is 9.88. The minimum absolute atomic E-state index is 0.00171. The highest BCUT2D eigenvalue weighted by molar-refractivity contribution is 5.99. The van der Waals surface area contributed by atoms with E-state index in [1.807, 2.05) is 82.8 Å². The number of benzene rings is 2. The number of nitrogens with zero attached hydrogens (tertiary/aromatic N) is 3. The normalized spacial score (nSPS) is 15.9. The summed E-state index contributed by atoms with van der Waals surface area (Å²) in [6.45, 7) is 17.7. The molecule has 1 fully saturated rings. The van der Waals surface area contributed by atoms with Crippen LogP contribution in [0.25, 0.3) is 0 Å². The van der Waals surface area contributed by atoms with E-state index < -0.39 is 0 Å². The predicted molar refractivity (Wildman–Crippen MR) is 165 cm³/mol. The molecule has 2 aliphatic rings. The second kappa shape index (κ2) is 17.4. The van der Waals surface area contributed by atoms with E-state index in [-0.39, 0.29) is 30.3 Å². The molecule has 2 aromatic rings. The van der Waals surface area contributed by atoms with Crippen LogP contribution in [0.15, 0.2) is 42.5 Å². The first kappa shape index (κ1) is 33.8. The summed E-state index contributed by atoms with van der Waals surface area (Å²) in [4.78, 5) is 41.5. The lowest BCUT2D eigenvalue weighted by Gasteiger charge is -2.36. The highest BCUT2D eigenvalue weighted by Crippen LogP contribution is 2.30. The lowest BCUT2D eigenvalue weighted by molar-refractivity contribution is -0.125. The molecule has 2 atom stereocenters. The number of rotatable bonds is 11. The first-order valence-electron chi connectivity index (χ1n) is 15.0. The zero-order valence-corrected chi connectivity index (χ0v) is 25.7. The van der Waals surface area contributed by atoms with Crippen LogP contribution in [0, 0.1) is 0 Å². The fourth-order valence-electron chi connectivity index (χ4n) is 4.91. The molecule has 0 aromatic heterocycles. The highest BCUT2D eigenvalue weighted by atomic mass is 16.5. The minimum atomic E-state index is -0.324. The standard InChI is InChI=1S/C28H37N5O4.2C2H6/c1-20(3-10-27(35)30-19-34)33-18-23-17-24(6-9-26(23)28(33)36)32-13-11-31(12-14-32)15-16-37-25-7-4-22(5-8-25)21(2)29;2*1-2/h4-9,17,19-21H,3,10-16,18,29H2,1-2H3,(H,30,34,35);2*1-2H3/t20?,21-;;/m1../s1. The van der Waals surface area contributed by atoms with Gasteiger partial charge in [-0.3, -0.25) is 24.6 Å². The van der Waals surface area contributed by atoms with Gasteiger partial charge in [-0.05, 0) is 61.7 Å². The van der Waals surface area contributed by atoms with E-state index in [2.05, 4.69) is 21.2 Å². The van der Waals surface area contributed by atoms with Gasteiger partial charge in [0.15, 0.2) is 0 Å². The van der Waals surface area contributed by atoms with Gasteiger partial charge in [-0.1, -0.05) is 39.8 Å². The molecule has 9 heteroatoms. The Morgan fingerprint density at radius 3 is 2.29 bits per heavy atom. The summed E-state index contributed by atoms with van der Waals surface area (Å²) in [5, 5.41) is 2.15. The van der Waals surface area contributed by atoms with Gasteiger partial charge in [0.2, 0.25) is 12.3 Å². The molecule has 2 heterocycles. The van der Waals surface area contributed by atoms with Crippen LogP contribution < -0.4 is 20.7 Å². The molecule has 1 saturated heterocycles. The van der Waals surface area contributed by atoms with Crippen molar-refractivity contribution < 1.29 is 19.1 Å². The van der Waals surface area contributed by atoms with Gasteiger partial charge in [-0.15, -0.1) is 0 Å². The number of fused-ring (bicyclic) bond motifs is 1. The van der Waals surface area contributed by atoms with Crippen LogP contribution in [-0.2, 0) is 16.1 Å². The highest BCUT2D eigenvalue weighted by Gasteiger charge is 2.31. The molecule has 3 amide bonds. The van der Waals surface area contributed by atoms with Gasteiger partial charge in [0, 0.05) is 69.0 Å². The summed E-state index contributed by atoms with van der Waals surface area (Å²) in [5.74, 6) is 0.542. The van der Waals surface area contributed by atoms with Crippen LogP contribution in [0.2, 0.25) is 0 Å². The van der Waals surface area contributed by atoms with Gasteiger partial charge in [-0.2, -0.15) is 0 Å². The molecule has 0 aliphatic carbocycles. The van der Waals surface area contributed by atoms with Gasteiger partial charge in [0.1, 0.15) is 12.4 Å². The van der Waals surface area contributed by atoms with Crippen molar-refractivity contribution in [2.45, 2.75) is 73.0 Å². The fourth-order valence-corrected chi connectivity index (χ4v) is 4.91. The van der Waals surface area contributed by atoms with Gasteiger partial charge >= 0.3 is 0 Å². The Kier molecular flexibility index (Phi) is 14.3. The molecule has 9 nitrogen and oxygen atoms in total. The Morgan fingerprint density at radius 2 is 1.68 bits per heavy atom. The van der Waals surface area contributed by atoms with E-state index in [9.17, 15) is 14.4 Å². The third-order valence-corrected chi connectivity index (χ3v) is 7.28. The average molecular weight is 568 g/mol. The number of nitrogens with one attached hydrogen (secondary N) is 1. The maximum absolute atomic E-state index is 12.9. The predicted octanol–water partition coefficient (Wildman–Crippen LogP) is 4.36. The molecule has 0 bridgehead atoms. The number of hydrogen-bond acceptors (Lipinski definition) is 7. The Bertz CT molecular complexity index is 1100. The molecular weight excluding hydrogens is 518 g/mol. The van der Waals surface area contributed by atoms with Gasteiger partial charge < -0.3 is 20.3 Å². The summed E-state index contributed by atoms with van der Waals surface area (Å²) in [7, 11) is 0. The quantitative estimate of drug-likeness (QED) is 0.389. The van der Waals surface area contributed by atoms with Crippen molar-refractivity contribution in [3.63, 3.8) is 0 Å². The summed E-state index contributed by atoms with van der Waals surface area (Å²) < 4.78 is 5.92. The molecule has 2 aliphatic heterocycles. The van der Waals surface area contributed by atoms with E-state index in [1.165, 1.54) is 0 Å². The Hall–Kier alpha value is -3.43. The van der Waals surface area contributed by atoms with Crippen molar-refractivity contribution in [3.8, 4) is 5.75 Å². The Morgan fingerprint density at radius 1 is 1.02 bits per heavy atom. The second-order valence-corrected chi connectivity index (χ2v) is 9.88. The smallest absolute Gasteiger partial charge is 0.254 e. The topological polar surface area (TPSA) is 108 Å². The fraction of sp³-hybridized carbons (Fsp3) is 0.531. The number of anilines is 1. The van der Waals surface area contributed by atoms with E-state index in [0.717, 1.165) is 60.9 Å². The molecule has 0 saturated carbocycles. The third-order valence-electron chi connectivity index (χ3n) is 7.28. The average Bonchev–Trinajstić information content (AvgIpc) is 3.34. The van der Waals surface area contributed by atoms with Crippen molar-refractivity contribution in [1.82, 2.24) is 15.1 Å². The molecular formula is C32H49N5O4. The van der Waals surface area contributed by atoms with Crippen molar-refractivity contribution in [2.24, 2.45) is 5.73 Å². The van der Waals surface area contributed by atoms with Crippen molar-refractivity contribution in [2.75, 3.05) is 44.2 Å². The maximum Gasteiger partial charge on any atom is 0.254 e. The lowest BCUT2D eigenvalue weighted by atomic mass is 10.1. The zero-order chi connectivity index (χ0) is 30.4. The van der Waals surface area contributed by atoms with Gasteiger partial charge in [-0.25, -0.2) is 0 Å². The number of carbonyl (C=O) groups is 3. The van der Waals surface area contributed by atoms with Crippen LogP contribution in [0.5, 0.6) is 5.75 Å². The number of hydrogen-bond donors (Lipinski definition) is 2. The Balaban J connectivity index is 0.00000141. The molecule has 1 unspecified atom stereocenters. The molecule has 41 heavy (non-hydrogen) atoms. The van der Waals surface area contributed by atoms with Gasteiger partial charge in [0.05, 0.1) is 0 Å². The first-order valence-corrected chi connectivity index (χ1v) is 15.0. The minimum Gasteiger partial charge on any atom is -0.492 e. The number of nitrogens with two attached hydrogens (primary N) is 1. The maximum atomic E-state index is 12.9. The van der Waals surface area contributed by atoms with Crippen molar-refractivity contribution in [1.29, 1.82) is 0 Å². The SMILES string of the molecule is CC.CC.CC(CCC(=O)NC=O)N1Cc2cc(N3CCN(CCOc4ccc([C@@H](C)N)cc4)CC3)ccc2C1=O. The number of carbonyl (C=O) groups excluding carboxylic acids is 3. The van der Waals surface area contributed by atoms with E-state index in [0.29, 0.717) is 26.0 Å². The van der Waals surface area contributed by atoms with E-state index >= 15 is 0 Å². The Labute approximate surface area is 246 Å². The summed E-state index contributed by atoms with van der Waals surface area (Å²) in [6.07, 6.45) is 1.11. The van der Waals surface area contributed by atoms with Crippen LogP contribution in [0.4, 0.5) is 5.69 Å². The molecule has 0 spiro atoms. The summed E-state index contributed by atoms with van der Waals surface area (Å²) >= 11 is 0. The van der Waals surface area contributed by atoms with Crippen LogP contribution in [0.1, 0.15) is 81.9 Å². The van der Waals surface area contributed by atoms with Crippen LogP contribution in [0.3, 0.4) is 0 Å².